The highest BCUT2D eigenvalue weighted by atomic mass is 16.2. The van der Waals surface area contributed by atoms with Crippen LogP contribution in [0.3, 0.4) is 0 Å². The molecule has 0 radical (unpaired) electrons. The summed E-state index contributed by atoms with van der Waals surface area (Å²) in [5.41, 5.74) is -1.04. The Balaban J connectivity index is 2.05. The highest BCUT2D eigenvalue weighted by molar-refractivity contribution is 5.92. The maximum Gasteiger partial charge on any atom is 0.246 e. The van der Waals surface area contributed by atoms with Crippen LogP contribution in [0.4, 0.5) is 0 Å². The van der Waals surface area contributed by atoms with Crippen LogP contribution in [0.5, 0.6) is 0 Å². The number of nitrogens with zero attached hydrogens (tertiary/aromatic N) is 1. The van der Waals surface area contributed by atoms with Gasteiger partial charge in [0.15, 0.2) is 0 Å². The van der Waals surface area contributed by atoms with Gasteiger partial charge in [-0.25, -0.2) is 0 Å². The molecule has 1 saturated carbocycles. The molecular formula is C17H29N3O3. The van der Waals surface area contributed by atoms with Gasteiger partial charge in [-0.3, -0.25) is 14.4 Å². The zero-order valence-electron chi connectivity index (χ0n) is 14.7. The number of amides is 3. The van der Waals surface area contributed by atoms with Gasteiger partial charge < -0.3 is 15.5 Å². The van der Waals surface area contributed by atoms with Gasteiger partial charge >= 0.3 is 0 Å². The Morgan fingerprint density at radius 2 is 1.78 bits per heavy atom. The number of nitrogens with one attached hydrogen (secondary N) is 2. The van der Waals surface area contributed by atoms with Crippen LogP contribution < -0.4 is 10.6 Å². The fourth-order valence-corrected chi connectivity index (χ4v) is 3.68. The smallest absolute Gasteiger partial charge is 0.246 e. The van der Waals surface area contributed by atoms with Crippen LogP contribution >= 0.6 is 0 Å². The average molecular weight is 323 g/mol. The van der Waals surface area contributed by atoms with Gasteiger partial charge in [0.05, 0.1) is 6.04 Å². The van der Waals surface area contributed by atoms with Crippen molar-refractivity contribution < 1.29 is 14.4 Å². The van der Waals surface area contributed by atoms with E-state index < -0.39 is 5.54 Å². The van der Waals surface area contributed by atoms with Crippen LogP contribution in [0.1, 0.15) is 66.2 Å². The van der Waals surface area contributed by atoms with E-state index in [2.05, 4.69) is 10.6 Å². The number of hydrogen-bond donors (Lipinski definition) is 2. The topological polar surface area (TPSA) is 78.5 Å². The second-order valence-electron chi connectivity index (χ2n) is 7.87. The molecule has 0 aromatic carbocycles. The molecular weight excluding hydrogens is 294 g/mol. The molecule has 23 heavy (non-hydrogen) atoms. The van der Waals surface area contributed by atoms with Crippen molar-refractivity contribution in [3.8, 4) is 0 Å². The lowest BCUT2D eigenvalue weighted by molar-refractivity contribution is -0.134. The van der Waals surface area contributed by atoms with Gasteiger partial charge in [-0.1, -0.05) is 19.3 Å². The minimum absolute atomic E-state index is 0.0695. The van der Waals surface area contributed by atoms with E-state index in [1.54, 1.807) is 0 Å². The van der Waals surface area contributed by atoms with Gasteiger partial charge in [-0.05, 0) is 33.6 Å². The minimum Gasteiger partial charge on any atom is -0.349 e. The van der Waals surface area contributed by atoms with Crippen molar-refractivity contribution in [3.05, 3.63) is 0 Å². The molecule has 2 aliphatic rings. The summed E-state index contributed by atoms with van der Waals surface area (Å²) in [4.78, 5) is 38.3. The first-order chi connectivity index (χ1) is 10.6. The molecule has 1 atom stereocenters. The Bertz CT molecular complexity index is 490. The Morgan fingerprint density at radius 3 is 2.26 bits per heavy atom. The Morgan fingerprint density at radius 1 is 1.17 bits per heavy atom. The maximum atomic E-state index is 12.8. The summed E-state index contributed by atoms with van der Waals surface area (Å²) in [6.45, 7) is 7.97. The van der Waals surface area contributed by atoms with Crippen molar-refractivity contribution in [2.24, 2.45) is 0 Å². The summed E-state index contributed by atoms with van der Waals surface area (Å²) in [6, 6.07) is -0.179. The SMILES string of the molecule is CC(=O)NC1(C(=O)NC2CC(=O)N(C(C)(C)C)C2)CCCCC1. The third-order valence-electron chi connectivity index (χ3n) is 4.83. The second-order valence-corrected chi connectivity index (χ2v) is 7.87. The van der Waals surface area contributed by atoms with Crippen molar-refractivity contribution in [3.63, 3.8) is 0 Å². The molecule has 1 aliphatic heterocycles. The first-order valence-corrected chi connectivity index (χ1v) is 8.54. The first kappa shape index (κ1) is 17.8. The van der Waals surface area contributed by atoms with Crippen LogP contribution in [0.25, 0.3) is 0 Å². The van der Waals surface area contributed by atoms with E-state index >= 15 is 0 Å². The van der Waals surface area contributed by atoms with E-state index in [1.807, 2.05) is 25.7 Å². The molecule has 1 unspecified atom stereocenters. The number of carbonyl (C=O) groups excluding carboxylic acids is 3. The average Bonchev–Trinajstić information content (AvgIpc) is 2.79. The van der Waals surface area contributed by atoms with Gasteiger partial charge in [0.1, 0.15) is 5.54 Å². The molecule has 6 nitrogen and oxygen atoms in total. The Labute approximate surface area is 138 Å². The highest BCUT2D eigenvalue weighted by Crippen LogP contribution is 2.29. The van der Waals surface area contributed by atoms with Crippen LogP contribution in [0.15, 0.2) is 0 Å². The third-order valence-corrected chi connectivity index (χ3v) is 4.83. The van der Waals surface area contributed by atoms with Gasteiger partial charge in [-0.15, -0.1) is 0 Å². The van der Waals surface area contributed by atoms with E-state index in [9.17, 15) is 14.4 Å². The van der Waals surface area contributed by atoms with Crippen LogP contribution in [-0.2, 0) is 14.4 Å². The van der Waals surface area contributed by atoms with E-state index in [0.29, 0.717) is 25.8 Å². The number of likely N-dealkylation sites (tertiary alicyclic amines) is 1. The van der Waals surface area contributed by atoms with Gasteiger partial charge in [-0.2, -0.15) is 0 Å². The molecule has 1 saturated heterocycles. The van der Waals surface area contributed by atoms with E-state index in [0.717, 1.165) is 19.3 Å². The van der Waals surface area contributed by atoms with Crippen LogP contribution in [0.2, 0.25) is 0 Å². The Hall–Kier alpha value is -1.59. The molecule has 2 fully saturated rings. The van der Waals surface area contributed by atoms with Crippen LogP contribution in [0, 0.1) is 0 Å². The summed E-state index contributed by atoms with van der Waals surface area (Å²) >= 11 is 0. The summed E-state index contributed by atoms with van der Waals surface area (Å²) in [5.74, 6) is -0.248. The number of carbonyl (C=O) groups is 3. The normalized spacial score (nSPS) is 24.4. The summed E-state index contributed by atoms with van der Waals surface area (Å²) < 4.78 is 0. The van der Waals surface area contributed by atoms with Crippen LogP contribution in [-0.4, -0.2) is 46.3 Å². The van der Waals surface area contributed by atoms with E-state index in [-0.39, 0.29) is 29.3 Å². The minimum atomic E-state index is -0.803. The monoisotopic (exact) mass is 323 g/mol. The van der Waals surface area contributed by atoms with E-state index in [4.69, 9.17) is 0 Å². The molecule has 130 valence electrons. The molecule has 0 aromatic heterocycles. The number of hydrogen-bond acceptors (Lipinski definition) is 3. The van der Waals surface area contributed by atoms with Crippen molar-refractivity contribution in [1.82, 2.24) is 15.5 Å². The second kappa shape index (κ2) is 6.49. The first-order valence-electron chi connectivity index (χ1n) is 8.54. The van der Waals surface area contributed by atoms with Gasteiger partial charge in [0.2, 0.25) is 17.7 Å². The fraction of sp³-hybridized carbons (Fsp3) is 0.824. The lowest BCUT2D eigenvalue weighted by Crippen LogP contribution is -2.61. The molecule has 1 heterocycles. The van der Waals surface area contributed by atoms with Crippen molar-refractivity contribution in [2.75, 3.05) is 6.54 Å². The van der Waals surface area contributed by atoms with Gasteiger partial charge in [0.25, 0.3) is 0 Å². The van der Waals surface area contributed by atoms with Gasteiger partial charge in [0, 0.05) is 25.4 Å². The molecule has 6 heteroatoms. The Kier molecular flexibility index (Phi) is 5.01. The molecule has 1 aliphatic carbocycles. The summed E-state index contributed by atoms with van der Waals surface area (Å²) in [6.07, 6.45) is 4.63. The zero-order valence-corrected chi connectivity index (χ0v) is 14.7. The predicted molar refractivity (Wildman–Crippen MR) is 87.6 cm³/mol. The molecule has 2 N–H and O–H groups in total. The third kappa shape index (κ3) is 4.03. The quantitative estimate of drug-likeness (QED) is 0.823. The maximum absolute atomic E-state index is 12.8. The predicted octanol–water partition coefficient (Wildman–Crippen LogP) is 1.34. The summed E-state index contributed by atoms with van der Waals surface area (Å²) in [5, 5.41) is 5.88. The largest absolute Gasteiger partial charge is 0.349 e. The lowest BCUT2D eigenvalue weighted by Gasteiger charge is -2.37. The van der Waals surface area contributed by atoms with Crippen molar-refractivity contribution in [1.29, 1.82) is 0 Å². The summed E-state index contributed by atoms with van der Waals surface area (Å²) in [7, 11) is 0. The molecule has 0 spiro atoms. The van der Waals surface area contributed by atoms with Crippen molar-refractivity contribution in [2.45, 2.75) is 83.3 Å². The van der Waals surface area contributed by atoms with Crippen molar-refractivity contribution >= 4 is 17.7 Å². The fourth-order valence-electron chi connectivity index (χ4n) is 3.68. The number of rotatable bonds is 3. The van der Waals surface area contributed by atoms with E-state index in [1.165, 1.54) is 6.92 Å². The standard InChI is InChI=1S/C17H29N3O3/c1-12(21)19-17(8-6-5-7-9-17)15(23)18-13-10-14(22)20(11-13)16(2,3)4/h13H,5-11H2,1-4H3,(H,18,23)(H,19,21). The lowest BCUT2D eigenvalue weighted by atomic mass is 9.80. The molecule has 0 bridgehead atoms. The highest BCUT2D eigenvalue weighted by Gasteiger charge is 2.43. The molecule has 3 amide bonds. The molecule has 2 rings (SSSR count). The zero-order chi connectivity index (χ0) is 17.3. The molecule has 0 aromatic rings.